The normalized spacial score (nSPS) is 11.1. The number of hydrogen-bond donors (Lipinski definition) is 2. The van der Waals surface area contributed by atoms with Gasteiger partial charge in [0, 0.05) is 5.56 Å². The Kier molecular flexibility index (Phi) is 3.55. The number of rotatable bonds is 3. The van der Waals surface area contributed by atoms with Gasteiger partial charge in [0.05, 0.1) is 6.54 Å². The summed E-state index contributed by atoms with van der Waals surface area (Å²) in [6.45, 7) is -0.0423. The molecule has 15 heavy (non-hydrogen) atoms. The molecule has 0 amide bonds. The molecule has 0 aromatic heterocycles. The number of nitrogens with one attached hydrogen (secondary N) is 1. The van der Waals surface area contributed by atoms with E-state index in [4.69, 9.17) is 5.73 Å². The van der Waals surface area contributed by atoms with Crippen LogP contribution in [0, 0.1) is 15.9 Å². The molecular formula is C8H9FN4O2. The van der Waals surface area contributed by atoms with Crippen molar-refractivity contribution in [3.8, 4) is 0 Å². The van der Waals surface area contributed by atoms with E-state index in [0.29, 0.717) is 5.56 Å². The van der Waals surface area contributed by atoms with Crippen LogP contribution < -0.4 is 11.2 Å². The van der Waals surface area contributed by atoms with Gasteiger partial charge < -0.3 is 5.73 Å². The van der Waals surface area contributed by atoms with Gasteiger partial charge in [-0.05, 0) is 6.07 Å². The Bertz CT molecular complexity index is 394. The molecule has 1 aromatic rings. The predicted octanol–water partition coefficient (Wildman–Crippen LogP) is 0.422. The zero-order valence-corrected chi connectivity index (χ0v) is 7.68. The van der Waals surface area contributed by atoms with E-state index in [1.807, 2.05) is 0 Å². The average molecular weight is 212 g/mol. The maximum atomic E-state index is 13.0. The van der Waals surface area contributed by atoms with Gasteiger partial charge in [-0.25, -0.2) is 19.5 Å². The smallest absolute Gasteiger partial charge is 0.251 e. The van der Waals surface area contributed by atoms with E-state index < -0.39 is 10.8 Å². The molecule has 0 aliphatic rings. The Labute approximate surface area is 84.7 Å². The molecule has 0 saturated carbocycles. The molecular weight excluding hydrogens is 203 g/mol. The van der Waals surface area contributed by atoms with E-state index in [1.165, 1.54) is 12.1 Å². The summed E-state index contributed by atoms with van der Waals surface area (Å²) < 4.78 is 13.0. The number of benzene rings is 1. The summed E-state index contributed by atoms with van der Waals surface area (Å²) in [4.78, 5) is 13.5. The molecule has 0 aliphatic carbocycles. The first-order valence-electron chi connectivity index (χ1n) is 4.04. The third kappa shape index (κ3) is 3.59. The van der Waals surface area contributed by atoms with E-state index in [2.05, 4.69) is 4.99 Å². The van der Waals surface area contributed by atoms with Gasteiger partial charge in [-0.3, -0.25) is 0 Å². The highest BCUT2D eigenvalue weighted by atomic mass is 19.1. The molecule has 1 aromatic carbocycles. The summed E-state index contributed by atoms with van der Waals surface area (Å²) in [6.07, 6.45) is 0. The molecule has 0 atom stereocenters. The van der Waals surface area contributed by atoms with Crippen molar-refractivity contribution in [2.75, 3.05) is 0 Å². The van der Waals surface area contributed by atoms with Gasteiger partial charge in [-0.15, -0.1) is 0 Å². The molecule has 0 fully saturated rings. The number of hydrazine groups is 1. The maximum absolute atomic E-state index is 13.0. The van der Waals surface area contributed by atoms with Crippen LogP contribution in [0.15, 0.2) is 29.3 Å². The first-order valence-corrected chi connectivity index (χ1v) is 4.04. The largest absolute Gasteiger partial charge is 0.365 e. The number of nitro groups is 1. The maximum Gasteiger partial charge on any atom is 0.251 e. The number of halogens is 1. The summed E-state index contributed by atoms with van der Waals surface area (Å²) in [6, 6.07) is 5.99. The minimum atomic E-state index is -0.833. The lowest BCUT2D eigenvalue weighted by atomic mass is 10.2. The molecule has 0 aliphatic heterocycles. The minimum absolute atomic E-state index is 0.0423. The summed E-state index contributed by atoms with van der Waals surface area (Å²) in [5.74, 6) is -0.779. The fourth-order valence-corrected chi connectivity index (χ4v) is 0.926. The number of nitrogens with zero attached hydrogens (tertiary/aromatic N) is 2. The van der Waals surface area contributed by atoms with Gasteiger partial charge in [0.1, 0.15) is 5.82 Å². The Morgan fingerprint density at radius 3 is 2.87 bits per heavy atom. The van der Waals surface area contributed by atoms with Crippen molar-refractivity contribution >= 4 is 5.96 Å². The standard InChI is InChI=1S/C8H9FN4O2/c9-7-4-2-1-3-6(7)5-11-8(10)12-13(14)15/h1-4H,5H2,(H3,10,11,12). The van der Waals surface area contributed by atoms with Gasteiger partial charge in [0.25, 0.3) is 5.96 Å². The van der Waals surface area contributed by atoms with Crippen LogP contribution in [0.5, 0.6) is 0 Å². The third-order valence-electron chi connectivity index (χ3n) is 1.58. The molecule has 3 N–H and O–H groups in total. The Balaban J connectivity index is 2.64. The second kappa shape index (κ2) is 4.89. The highest BCUT2D eigenvalue weighted by Gasteiger charge is 2.01. The SMILES string of the molecule is NC(=NCc1ccccc1F)N[N+](=O)[O-]. The fraction of sp³-hybridized carbons (Fsp3) is 0.125. The van der Waals surface area contributed by atoms with Gasteiger partial charge in [0.2, 0.25) is 0 Å². The summed E-state index contributed by atoms with van der Waals surface area (Å²) >= 11 is 0. The van der Waals surface area contributed by atoms with E-state index in [9.17, 15) is 14.5 Å². The quantitative estimate of drug-likeness (QED) is 0.328. The zero-order chi connectivity index (χ0) is 11.3. The number of hydrogen-bond acceptors (Lipinski definition) is 3. The van der Waals surface area contributed by atoms with Gasteiger partial charge in [-0.2, -0.15) is 0 Å². The Hall–Kier alpha value is -2.18. The van der Waals surface area contributed by atoms with E-state index in [-0.39, 0.29) is 12.5 Å². The molecule has 6 nitrogen and oxygen atoms in total. The first kappa shape index (κ1) is 10.9. The van der Waals surface area contributed by atoms with Crippen LogP contribution in [-0.2, 0) is 6.54 Å². The van der Waals surface area contributed by atoms with E-state index >= 15 is 0 Å². The highest BCUT2D eigenvalue weighted by molar-refractivity contribution is 5.76. The van der Waals surface area contributed by atoms with Crippen LogP contribution >= 0.6 is 0 Å². The highest BCUT2D eigenvalue weighted by Crippen LogP contribution is 2.06. The third-order valence-corrected chi connectivity index (χ3v) is 1.58. The zero-order valence-electron chi connectivity index (χ0n) is 7.68. The predicted molar refractivity (Wildman–Crippen MR) is 51.9 cm³/mol. The lowest BCUT2D eigenvalue weighted by Gasteiger charge is -1.99. The summed E-state index contributed by atoms with van der Waals surface area (Å²) in [5.41, 5.74) is 7.13. The molecule has 7 heteroatoms. The molecule has 0 unspecified atom stereocenters. The lowest BCUT2D eigenvalue weighted by Crippen LogP contribution is -2.36. The summed E-state index contributed by atoms with van der Waals surface area (Å²) in [7, 11) is 0. The van der Waals surface area contributed by atoms with Gasteiger partial charge in [-0.1, -0.05) is 23.6 Å². The topological polar surface area (TPSA) is 93.5 Å². The molecule has 0 heterocycles. The van der Waals surface area contributed by atoms with Gasteiger partial charge >= 0.3 is 0 Å². The number of nitrogens with two attached hydrogens (primary N) is 1. The number of aliphatic imine (C=N–C) groups is 1. The van der Waals surface area contributed by atoms with Crippen molar-refractivity contribution in [3.63, 3.8) is 0 Å². The number of guanidine groups is 1. The van der Waals surface area contributed by atoms with Crippen molar-refractivity contribution in [2.45, 2.75) is 6.54 Å². The van der Waals surface area contributed by atoms with Crippen LogP contribution in [0.1, 0.15) is 5.56 Å². The lowest BCUT2D eigenvalue weighted by molar-refractivity contribution is -0.525. The van der Waals surface area contributed by atoms with Crippen LogP contribution in [-0.4, -0.2) is 11.0 Å². The van der Waals surface area contributed by atoms with Crippen LogP contribution in [0.2, 0.25) is 0 Å². The monoisotopic (exact) mass is 212 g/mol. The van der Waals surface area contributed by atoms with Crippen LogP contribution in [0.4, 0.5) is 4.39 Å². The molecule has 1 rings (SSSR count). The van der Waals surface area contributed by atoms with Crippen LogP contribution in [0.3, 0.4) is 0 Å². The van der Waals surface area contributed by atoms with E-state index in [0.717, 1.165) is 0 Å². The Morgan fingerprint density at radius 1 is 1.60 bits per heavy atom. The van der Waals surface area contributed by atoms with Crippen molar-refractivity contribution in [1.82, 2.24) is 5.43 Å². The molecule has 80 valence electrons. The van der Waals surface area contributed by atoms with Crippen molar-refractivity contribution in [2.24, 2.45) is 10.7 Å². The van der Waals surface area contributed by atoms with Crippen molar-refractivity contribution < 1.29 is 9.42 Å². The van der Waals surface area contributed by atoms with Gasteiger partial charge in [0.15, 0.2) is 5.03 Å². The second-order valence-electron chi connectivity index (χ2n) is 2.66. The van der Waals surface area contributed by atoms with Crippen LogP contribution in [0.25, 0.3) is 0 Å². The molecule has 0 saturated heterocycles. The van der Waals surface area contributed by atoms with Crippen molar-refractivity contribution in [1.29, 1.82) is 0 Å². The van der Waals surface area contributed by atoms with Crippen molar-refractivity contribution in [3.05, 3.63) is 45.8 Å². The first-order chi connectivity index (χ1) is 7.09. The molecule has 0 bridgehead atoms. The molecule has 0 radical (unpaired) electrons. The average Bonchev–Trinajstić information content (AvgIpc) is 2.15. The second-order valence-corrected chi connectivity index (χ2v) is 2.66. The fourth-order valence-electron chi connectivity index (χ4n) is 0.926. The Morgan fingerprint density at radius 2 is 2.27 bits per heavy atom. The molecule has 0 spiro atoms. The summed E-state index contributed by atoms with van der Waals surface area (Å²) in [5, 5.41) is 9.11. The minimum Gasteiger partial charge on any atom is -0.365 e. The van der Waals surface area contributed by atoms with E-state index in [1.54, 1.807) is 17.6 Å².